The minimum atomic E-state index is 0.113. The minimum Gasteiger partial charge on any atom is -0.489 e. The Kier molecular flexibility index (Phi) is 7.18. The molecule has 0 aliphatic rings. The summed E-state index contributed by atoms with van der Waals surface area (Å²) in [5.74, 6) is 0.721. The number of benzene rings is 1. The highest BCUT2D eigenvalue weighted by atomic mass is 16.5. The van der Waals surface area contributed by atoms with E-state index in [1.165, 1.54) is 0 Å². The normalized spacial score (nSPS) is 11.1. The summed E-state index contributed by atoms with van der Waals surface area (Å²) in [6.07, 6.45) is 0.113. The van der Waals surface area contributed by atoms with Gasteiger partial charge in [-0.1, -0.05) is 0 Å². The molecule has 0 saturated heterocycles. The van der Waals surface area contributed by atoms with Gasteiger partial charge in [0, 0.05) is 24.8 Å². The lowest BCUT2D eigenvalue weighted by molar-refractivity contribution is 0.126. The molecule has 0 spiro atoms. The maximum absolute atomic E-state index is 5.88. The van der Waals surface area contributed by atoms with Gasteiger partial charge < -0.3 is 25.4 Å². The molecule has 20 heavy (non-hydrogen) atoms. The van der Waals surface area contributed by atoms with Crippen molar-refractivity contribution in [3.63, 3.8) is 0 Å². The summed E-state index contributed by atoms with van der Waals surface area (Å²) in [7, 11) is 4.07. The number of hydrogen-bond donors (Lipinski definition) is 2. The molecule has 0 radical (unpaired) electrons. The molecule has 1 rings (SSSR count). The van der Waals surface area contributed by atoms with E-state index in [0.29, 0.717) is 12.3 Å². The van der Waals surface area contributed by atoms with Crippen LogP contribution in [0.4, 0.5) is 11.4 Å². The van der Waals surface area contributed by atoms with Gasteiger partial charge in [0.2, 0.25) is 0 Å². The zero-order valence-corrected chi connectivity index (χ0v) is 13.0. The predicted octanol–water partition coefficient (Wildman–Crippen LogP) is 2.05. The molecule has 5 nitrogen and oxygen atoms in total. The summed E-state index contributed by atoms with van der Waals surface area (Å²) in [6.45, 7) is 7.10. The molecule has 5 heteroatoms. The van der Waals surface area contributed by atoms with E-state index in [0.717, 1.165) is 31.1 Å². The Hall–Kier alpha value is -1.46. The van der Waals surface area contributed by atoms with Crippen molar-refractivity contribution < 1.29 is 9.47 Å². The maximum Gasteiger partial charge on any atom is 0.144 e. The van der Waals surface area contributed by atoms with Crippen LogP contribution in [0.2, 0.25) is 0 Å². The van der Waals surface area contributed by atoms with Crippen molar-refractivity contribution in [3.05, 3.63) is 18.2 Å². The first-order valence-electron chi connectivity index (χ1n) is 7.01. The molecule has 0 aliphatic carbocycles. The quantitative estimate of drug-likeness (QED) is 0.536. The first-order valence-corrected chi connectivity index (χ1v) is 7.01. The Balaban J connectivity index is 2.33. The molecule has 0 aliphatic heterocycles. The number of nitrogens with zero attached hydrogens (tertiary/aromatic N) is 1. The largest absolute Gasteiger partial charge is 0.489 e. The number of nitrogens with two attached hydrogens (primary N) is 1. The Morgan fingerprint density at radius 2 is 2.00 bits per heavy atom. The predicted molar refractivity (Wildman–Crippen MR) is 84.5 cm³/mol. The van der Waals surface area contributed by atoms with Gasteiger partial charge in [0.25, 0.3) is 0 Å². The van der Waals surface area contributed by atoms with E-state index in [9.17, 15) is 0 Å². The van der Waals surface area contributed by atoms with E-state index < -0.39 is 0 Å². The number of anilines is 2. The van der Waals surface area contributed by atoms with E-state index >= 15 is 0 Å². The standard InChI is InChI=1S/C15H27N3O2/c1-12(2)20-15-11-13(5-6-14(15)16)17-7-9-19-10-8-18(3)4/h5-6,11-12,17H,7-10,16H2,1-4H3. The first kappa shape index (κ1) is 16.6. The smallest absolute Gasteiger partial charge is 0.144 e. The number of hydrogen-bond acceptors (Lipinski definition) is 5. The summed E-state index contributed by atoms with van der Waals surface area (Å²) in [4.78, 5) is 2.10. The fourth-order valence-electron chi connectivity index (χ4n) is 1.62. The molecule has 0 aromatic heterocycles. The third-order valence-electron chi connectivity index (χ3n) is 2.63. The van der Waals surface area contributed by atoms with Crippen LogP contribution in [-0.2, 0) is 4.74 Å². The van der Waals surface area contributed by atoms with Gasteiger partial charge in [0.05, 0.1) is 25.0 Å². The van der Waals surface area contributed by atoms with Gasteiger partial charge in [0.1, 0.15) is 5.75 Å². The number of likely N-dealkylation sites (N-methyl/N-ethyl adjacent to an activating group) is 1. The van der Waals surface area contributed by atoms with E-state index in [2.05, 4.69) is 10.2 Å². The Morgan fingerprint density at radius 1 is 1.25 bits per heavy atom. The molecule has 0 bridgehead atoms. The zero-order chi connectivity index (χ0) is 15.0. The second-order valence-corrected chi connectivity index (χ2v) is 5.26. The molecule has 1 aromatic rings. The van der Waals surface area contributed by atoms with Crippen molar-refractivity contribution >= 4 is 11.4 Å². The maximum atomic E-state index is 5.88. The van der Waals surface area contributed by atoms with E-state index in [1.807, 2.05) is 46.1 Å². The van der Waals surface area contributed by atoms with Crippen molar-refractivity contribution in [2.75, 3.05) is 51.4 Å². The van der Waals surface area contributed by atoms with Crippen LogP contribution in [-0.4, -0.2) is 51.4 Å². The van der Waals surface area contributed by atoms with Gasteiger partial charge in [-0.3, -0.25) is 0 Å². The summed E-state index contributed by atoms with van der Waals surface area (Å²) < 4.78 is 11.2. The first-order chi connectivity index (χ1) is 9.49. The molecule has 0 fully saturated rings. The molecule has 0 atom stereocenters. The van der Waals surface area contributed by atoms with E-state index in [1.54, 1.807) is 0 Å². The lowest BCUT2D eigenvalue weighted by atomic mass is 10.2. The second-order valence-electron chi connectivity index (χ2n) is 5.26. The topological polar surface area (TPSA) is 59.8 Å². The molecule has 114 valence electrons. The summed E-state index contributed by atoms with van der Waals surface area (Å²) in [5, 5.41) is 3.30. The van der Waals surface area contributed by atoms with Crippen LogP contribution >= 0.6 is 0 Å². The van der Waals surface area contributed by atoms with Crippen LogP contribution in [0.5, 0.6) is 5.75 Å². The Morgan fingerprint density at radius 3 is 2.65 bits per heavy atom. The van der Waals surface area contributed by atoms with Crippen LogP contribution in [0, 0.1) is 0 Å². The fourth-order valence-corrected chi connectivity index (χ4v) is 1.62. The molecule has 0 amide bonds. The number of ether oxygens (including phenoxy) is 2. The average Bonchev–Trinajstić information content (AvgIpc) is 2.36. The van der Waals surface area contributed by atoms with Crippen molar-refractivity contribution in [2.45, 2.75) is 20.0 Å². The lowest BCUT2D eigenvalue weighted by Crippen LogP contribution is -2.20. The molecule has 0 saturated carbocycles. The Bertz CT molecular complexity index is 395. The Labute approximate surface area is 122 Å². The van der Waals surface area contributed by atoms with Crippen molar-refractivity contribution in [1.29, 1.82) is 0 Å². The third kappa shape index (κ3) is 6.63. The SMILES string of the molecule is CC(C)Oc1cc(NCCOCCN(C)C)ccc1N. The van der Waals surface area contributed by atoms with Gasteiger partial charge >= 0.3 is 0 Å². The monoisotopic (exact) mass is 281 g/mol. The number of nitrogens with one attached hydrogen (secondary N) is 1. The zero-order valence-electron chi connectivity index (χ0n) is 13.0. The third-order valence-corrected chi connectivity index (χ3v) is 2.63. The highest BCUT2D eigenvalue weighted by Crippen LogP contribution is 2.26. The highest BCUT2D eigenvalue weighted by molar-refractivity contribution is 5.61. The summed E-state index contributed by atoms with van der Waals surface area (Å²) >= 11 is 0. The van der Waals surface area contributed by atoms with Crippen LogP contribution in [0.15, 0.2) is 18.2 Å². The lowest BCUT2D eigenvalue weighted by Gasteiger charge is -2.14. The highest BCUT2D eigenvalue weighted by Gasteiger charge is 2.04. The van der Waals surface area contributed by atoms with E-state index in [-0.39, 0.29) is 6.10 Å². The molecule has 1 aromatic carbocycles. The minimum absolute atomic E-state index is 0.113. The summed E-state index contributed by atoms with van der Waals surface area (Å²) in [6, 6.07) is 5.73. The molecular formula is C15H27N3O2. The second kappa shape index (κ2) is 8.66. The number of rotatable bonds is 9. The molecular weight excluding hydrogens is 254 g/mol. The van der Waals surface area contributed by atoms with Crippen molar-refractivity contribution in [2.24, 2.45) is 0 Å². The fraction of sp³-hybridized carbons (Fsp3) is 0.600. The van der Waals surface area contributed by atoms with Crippen molar-refractivity contribution in [3.8, 4) is 5.75 Å². The molecule has 0 heterocycles. The molecule has 3 N–H and O–H groups in total. The number of nitrogen functional groups attached to an aromatic ring is 1. The van der Waals surface area contributed by atoms with Crippen molar-refractivity contribution in [1.82, 2.24) is 4.90 Å². The van der Waals surface area contributed by atoms with Gasteiger partial charge in [-0.2, -0.15) is 0 Å². The van der Waals surface area contributed by atoms with Crippen LogP contribution in [0.1, 0.15) is 13.8 Å². The van der Waals surface area contributed by atoms with E-state index in [4.69, 9.17) is 15.2 Å². The van der Waals surface area contributed by atoms with Crippen LogP contribution in [0.3, 0.4) is 0 Å². The van der Waals surface area contributed by atoms with Gasteiger partial charge in [0.15, 0.2) is 0 Å². The van der Waals surface area contributed by atoms with Crippen LogP contribution in [0.25, 0.3) is 0 Å². The van der Waals surface area contributed by atoms with Gasteiger partial charge in [-0.05, 0) is 40.1 Å². The van der Waals surface area contributed by atoms with Gasteiger partial charge in [-0.25, -0.2) is 0 Å². The average molecular weight is 281 g/mol. The van der Waals surface area contributed by atoms with Crippen LogP contribution < -0.4 is 15.8 Å². The summed E-state index contributed by atoms with van der Waals surface area (Å²) in [5.41, 5.74) is 7.53. The molecule has 0 unspecified atom stereocenters. The van der Waals surface area contributed by atoms with Gasteiger partial charge in [-0.15, -0.1) is 0 Å².